The van der Waals surface area contributed by atoms with Gasteiger partial charge in [0.1, 0.15) is 17.1 Å². The fourth-order valence-electron chi connectivity index (χ4n) is 2.64. The molecule has 1 fully saturated rings. The van der Waals surface area contributed by atoms with Gasteiger partial charge in [0.25, 0.3) is 7.12 Å². The third-order valence-electron chi connectivity index (χ3n) is 4.03. The number of carbonyl (C=O) groups is 2. The van der Waals surface area contributed by atoms with Gasteiger partial charge in [-0.05, 0) is 29.8 Å². The van der Waals surface area contributed by atoms with E-state index in [1.165, 1.54) is 6.07 Å². The molecular weight excluding hydrogens is 329 g/mol. The Morgan fingerprint density at radius 3 is 2.79 bits per heavy atom. The minimum Gasteiger partial charge on any atom is -0.845 e. The van der Waals surface area contributed by atoms with E-state index in [1.54, 1.807) is 13.8 Å². The summed E-state index contributed by atoms with van der Waals surface area (Å²) >= 11 is 0. The van der Waals surface area contributed by atoms with Crippen LogP contribution in [0, 0.1) is 11.7 Å². The molecule has 1 aromatic rings. The minimum absolute atomic E-state index is 0. The van der Waals surface area contributed by atoms with Gasteiger partial charge in [0.05, 0.1) is 5.92 Å². The smallest absolute Gasteiger partial charge is 0.845 e. The molecule has 1 heterocycles. The van der Waals surface area contributed by atoms with E-state index in [0.717, 1.165) is 6.07 Å². The van der Waals surface area contributed by atoms with Crippen molar-refractivity contribution in [2.75, 3.05) is 6.79 Å². The normalized spacial score (nSPS) is 20.3. The Labute approximate surface area is 161 Å². The zero-order chi connectivity index (χ0) is 16.7. The van der Waals surface area contributed by atoms with Gasteiger partial charge in [-0.25, -0.2) is 9.18 Å². The average molecular weight is 344 g/mol. The van der Waals surface area contributed by atoms with Crippen molar-refractivity contribution in [1.29, 1.82) is 0 Å². The van der Waals surface area contributed by atoms with Crippen molar-refractivity contribution < 1.29 is 62.7 Å². The van der Waals surface area contributed by atoms with E-state index in [9.17, 15) is 19.0 Å². The number of esters is 2. The van der Waals surface area contributed by atoms with E-state index in [0.29, 0.717) is 12.0 Å². The van der Waals surface area contributed by atoms with Crippen molar-refractivity contribution in [3.8, 4) is 5.75 Å². The van der Waals surface area contributed by atoms with Crippen LogP contribution in [0.1, 0.15) is 42.1 Å². The van der Waals surface area contributed by atoms with Gasteiger partial charge in [0.15, 0.2) is 0 Å². The number of fused-ring (bicyclic) bond motifs is 3. The summed E-state index contributed by atoms with van der Waals surface area (Å²) in [6, 6.07) is 2.68. The molecule has 2 aliphatic rings. The molecule has 0 radical (unpaired) electrons. The molecule has 3 rings (SSSR count). The van der Waals surface area contributed by atoms with Crippen molar-refractivity contribution in [2.24, 2.45) is 5.92 Å². The van der Waals surface area contributed by atoms with Gasteiger partial charge in [0.2, 0.25) is 6.79 Å². The number of rotatable bonds is 4. The van der Waals surface area contributed by atoms with Crippen LogP contribution in [-0.4, -0.2) is 25.8 Å². The molecule has 1 saturated carbocycles. The van der Waals surface area contributed by atoms with Crippen molar-refractivity contribution in [2.45, 2.75) is 32.0 Å². The molecule has 0 bridgehead atoms. The molecule has 24 heavy (non-hydrogen) atoms. The molecule has 0 aromatic heterocycles. The molecule has 6 nitrogen and oxygen atoms in total. The zero-order valence-corrected chi connectivity index (χ0v) is 15.7. The maximum absolute atomic E-state index is 14.0. The summed E-state index contributed by atoms with van der Waals surface area (Å²) in [5, 5.41) is 11.8. The third-order valence-corrected chi connectivity index (χ3v) is 4.03. The Bertz CT molecular complexity index is 668. The van der Waals surface area contributed by atoms with Crippen LogP contribution < -0.4 is 39.2 Å². The Hall–Kier alpha value is -1.09. The number of benzene rings is 1. The van der Waals surface area contributed by atoms with Gasteiger partial charge < -0.3 is 19.2 Å². The first kappa shape index (κ1) is 19.2. The fourth-order valence-corrected chi connectivity index (χ4v) is 2.64. The van der Waals surface area contributed by atoms with E-state index in [1.807, 2.05) is 0 Å². The van der Waals surface area contributed by atoms with Gasteiger partial charge in [-0.2, -0.15) is 0 Å². The summed E-state index contributed by atoms with van der Waals surface area (Å²) in [7, 11) is -1.31. The first-order valence-electron chi connectivity index (χ1n) is 7.38. The number of hydrogen-bond donors (Lipinski definition) is 0. The van der Waals surface area contributed by atoms with Crippen LogP contribution in [-0.2, 0) is 14.3 Å². The van der Waals surface area contributed by atoms with Crippen molar-refractivity contribution >= 4 is 19.1 Å². The molecule has 0 amide bonds. The molecule has 2 atom stereocenters. The Kier molecular flexibility index (Phi) is 5.96. The topological polar surface area (TPSA) is 84.9 Å². The van der Waals surface area contributed by atoms with E-state index in [2.05, 4.69) is 0 Å². The molecular formula is C15H15BFNaO6. The monoisotopic (exact) mass is 344 g/mol. The second-order valence-corrected chi connectivity index (χ2v) is 6.00. The summed E-state index contributed by atoms with van der Waals surface area (Å²) < 4.78 is 28.7. The molecule has 9 heteroatoms. The number of carbonyl (C=O) groups excluding carboxylic acids is 2. The molecule has 0 N–H and O–H groups in total. The summed E-state index contributed by atoms with van der Waals surface area (Å²) in [6.07, 6.45) is 0.674. The maximum atomic E-state index is 14.0. The van der Waals surface area contributed by atoms with Crippen LogP contribution in [0.25, 0.3) is 0 Å². The third kappa shape index (κ3) is 3.61. The second-order valence-electron chi connectivity index (χ2n) is 6.00. The van der Waals surface area contributed by atoms with Gasteiger partial charge >= 0.3 is 41.5 Å². The summed E-state index contributed by atoms with van der Waals surface area (Å²) in [5.74, 6) is -2.94. The van der Waals surface area contributed by atoms with Crippen LogP contribution in [0.4, 0.5) is 4.39 Å². The van der Waals surface area contributed by atoms with E-state index < -0.39 is 37.2 Å². The predicted molar refractivity (Wildman–Crippen MR) is 75.1 cm³/mol. The molecule has 1 aliphatic heterocycles. The van der Waals surface area contributed by atoms with Gasteiger partial charge in [0, 0.05) is 0 Å². The van der Waals surface area contributed by atoms with Crippen molar-refractivity contribution in [3.63, 3.8) is 0 Å². The maximum Gasteiger partial charge on any atom is 1.00 e. The first-order valence-corrected chi connectivity index (χ1v) is 7.38. The van der Waals surface area contributed by atoms with E-state index >= 15 is 0 Å². The van der Waals surface area contributed by atoms with Gasteiger partial charge in [-0.15, -0.1) is 0 Å². The van der Waals surface area contributed by atoms with Gasteiger partial charge in [-0.3, -0.25) is 4.79 Å². The largest absolute Gasteiger partial charge is 1.00 e. The summed E-state index contributed by atoms with van der Waals surface area (Å²) in [4.78, 5) is 23.4. The zero-order valence-electron chi connectivity index (χ0n) is 13.7. The second kappa shape index (κ2) is 7.43. The molecule has 0 spiro atoms. The summed E-state index contributed by atoms with van der Waals surface area (Å²) in [5.41, 5.74) is 0.226. The summed E-state index contributed by atoms with van der Waals surface area (Å²) in [6.45, 7) is 2.64. The quantitative estimate of drug-likeness (QED) is 0.366. The Balaban J connectivity index is 0.00000208. The predicted octanol–water partition coefficient (Wildman–Crippen LogP) is -1.76. The Morgan fingerprint density at radius 2 is 2.12 bits per heavy atom. The Morgan fingerprint density at radius 1 is 1.42 bits per heavy atom. The van der Waals surface area contributed by atoms with Crippen LogP contribution in [0.5, 0.6) is 5.75 Å². The van der Waals surface area contributed by atoms with E-state index in [4.69, 9.17) is 14.1 Å². The van der Waals surface area contributed by atoms with Crippen molar-refractivity contribution in [1.82, 2.24) is 0 Å². The van der Waals surface area contributed by atoms with Gasteiger partial charge in [-0.1, -0.05) is 19.9 Å². The molecule has 0 saturated heterocycles. The number of halogens is 1. The number of hydrogen-bond acceptors (Lipinski definition) is 6. The fraction of sp³-hybridized carbons (Fsp3) is 0.467. The SMILES string of the molecule is CC(C)C(=O)OCOC(=O)c1c(F)ccc2c1OB([O-])[C@@H]1C[C@H]21.[Na+]. The average Bonchev–Trinajstić information content (AvgIpc) is 3.27. The molecule has 1 aliphatic carbocycles. The van der Waals surface area contributed by atoms with Crippen LogP contribution >= 0.6 is 0 Å². The molecule has 1 aromatic carbocycles. The standard InChI is InChI=1S/C15H15BFO6.Na/c1-7(2)14(18)21-6-22-15(19)12-11(17)4-3-8-9-5-10(9)16(20)23-13(8)12;/h3-4,7,9-10H,5-6H2,1-2H3;/q-1;+1/t9-,10-;/m1./s1. The van der Waals surface area contributed by atoms with Crippen molar-refractivity contribution in [3.05, 3.63) is 29.1 Å². The van der Waals surface area contributed by atoms with Crippen LogP contribution in [0.2, 0.25) is 5.82 Å². The molecule has 0 unspecified atom stereocenters. The minimum atomic E-state index is -1.31. The first-order chi connectivity index (χ1) is 10.9. The molecule has 122 valence electrons. The van der Waals surface area contributed by atoms with E-state index in [-0.39, 0.29) is 53.0 Å². The van der Waals surface area contributed by atoms with Crippen LogP contribution in [0.15, 0.2) is 12.1 Å². The van der Waals surface area contributed by atoms with Crippen LogP contribution in [0.3, 0.4) is 0 Å². The number of ether oxygens (including phenoxy) is 2.